The number of para-hydroxylation sites is 1. The van der Waals surface area contributed by atoms with Gasteiger partial charge < -0.3 is 16.2 Å². The average Bonchev–Trinajstić information content (AvgIpc) is 3.40. The maximum Gasteiger partial charge on any atom is 0.337 e. The molecule has 10 nitrogen and oxygen atoms in total. The topological polar surface area (TPSA) is 162 Å². The number of carbonyl (C=O) groups is 3. The predicted molar refractivity (Wildman–Crippen MR) is 147 cm³/mol. The van der Waals surface area contributed by atoms with Gasteiger partial charge in [-0.25, -0.2) is 9.18 Å². The van der Waals surface area contributed by atoms with Crippen LogP contribution in [-0.2, 0) is 9.59 Å². The minimum absolute atomic E-state index is 0.0282. The zero-order chi connectivity index (χ0) is 28.4. The second kappa shape index (κ2) is 11.3. The first kappa shape index (κ1) is 27.0. The number of nitriles is 1. The lowest BCUT2D eigenvalue weighted by Crippen LogP contribution is -2.38. The van der Waals surface area contributed by atoms with Gasteiger partial charge in [0.25, 0.3) is 0 Å². The van der Waals surface area contributed by atoms with Gasteiger partial charge in [-0.1, -0.05) is 53.4 Å². The molecule has 0 bridgehead atoms. The highest BCUT2D eigenvalue weighted by atomic mass is 32.2. The number of nitrogens with one attached hydrogen (secondary N) is 1. The van der Waals surface area contributed by atoms with E-state index in [0.717, 1.165) is 23.1 Å². The molecule has 3 aromatic rings. The summed E-state index contributed by atoms with van der Waals surface area (Å²) in [6, 6.07) is 14.2. The Morgan fingerprint density at radius 1 is 1.20 bits per heavy atom. The fourth-order valence-corrected chi connectivity index (χ4v) is 6.45. The molecule has 1 atom stereocenters. The third kappa shape index (κ3) is 5.06. The third-order valence-corrected chi connectivity index (χ3v) is 8.52. The van der Waals surface area contributed by atoms with Crippen LogP contribution in [0.3, 0.4) is 0 Å². The Morgan fingerprint density at radius 3 is 2.70 bits per heavy atom. The normalized spacial score (nSPS) is 16.9. The maximum absolute atomic E-state index is 14.9. The Labute approximate surface area is 236 Å². The number of nitrogens with zero attached hydrogens (tertiary/aromatic N) is 4. The molecule has 0 saturated heterocycles. The molecule has 40 heavy (non-hydrogen) atoms. The van der Waals surface area contributed by atoms with Gasteiger partial charge in [0, 0.05) is 23.3 Å². The van der Waals surface area contributed by atoms with Crippen LogP contribution >= 0.6 is 23.1 Å². The van der Waals surface area contributed by atoms with E-state index in [0.29, 0.717) is 33.6 Å². The number of benzene rings is 2. The summed E-state index contributed by atoms with van der Waals surface area (Å²) in [4.78, 5) is 38.6. The molecule has 0 spiro atoms. The summed E-state index contributed by atoms with van der Waals surface area (Å²) in [6.45, 7) is 0. The summed E-state index contributed by atoms with van der Waals surface area (Å²) in [5.41, 5.74) is 7.76. The highest BCUT2D eigenvalue weighted by Crippen LogP contribution is 2.47. The largest absolute Gasteiger partial charge is 0.478 e. The van der Waals surface area contributed by atoms with Gasteiger partial charge in [0.2, 0.25) is 11.0 Å². The number of carboxylic acids is 1. The number of aromatic nitrogens is 2. The van der Waals surface area contributed by atoms with Crippen LogP contribution in [0.1, 0.15) is 41.1 Å². The summed E-state index contributed by atoms with van der Waals surface area (Å²) >= 11 is 2.21. The van der Waals surface area contributed by atoms with Gasteiger partial charge in [0.1, 0.15) is 11.6 Å². The van der Waals surface area contributed by atoms with E-state index < -0.39 is 23.6 Å². The van der Waals surface area contributed by atoms with Crippen molar-refractivity contribution in [1.82, 2.24) is 10.2 Å². The van der Waals surface area contributed by atoms with Crippen LogP contribution in [0.5, 0.6) is 0 Å². The van der Waals surface area contributed by atoms with E-state index in [9.17, 15) is 29.1 Å². The lowest BCUT2D eigenvalue weighted by Gasteiger charge is -2.38. The first-order chi connectivity index (χ1) is 19.3. The number of rotatable bonds is 7. The second-order valence-corrected chi connectivity index (χ2v) is 11.1. The fraction of sp³-hybridized carbons (Fsp3) is 0.185. The number of aromatic carboxylic acids is 1. The first-order valence-corrected chi connectivity index (χ1v) is 13.9. The van der Waals surface area contributed by atoms with Crippen LogP contribution in [0.15, 0.2) is 75.5 Å². The van der Waals surface area contributed by atoms with E-state index in [2.05, 4.69) is 21.6 Å². The first-order valence-electron chi connectivity index (χ1n) is 12.1. The zero-order valence-electron chi connectivity index (χ0n) is 20.8. The lowest BCUT2D eigenvalue weighted by atomic mass is 9.75. The Morgan fingerprint density at radius 2 is 1.95 bits per heavy atom. The molecule has 1 unspecified atom stereocenters. The average molecular weight is 577 g/mol. The Kier molecular flexibility index (Phi) is 7.63. The Hall–Kier alpha value is -4.54. The number of carboxylic acid groups (broad SMARTS) is 1. The van der Waals surface area contributed by atoms with E-state index >= 15 is 0 Å². The summed E-state index contributed by atoms with van der Waals surface area (Å²) < 4.78 is 15.3. The number of hydrogen-bond acceptors (Lipinski definition) is 10. The van der Waals surface area contributed by atoms with E-state index in [-0.39, 0.29) is 46.2 Å². The van der Waals surface area contributed by atoms with Crippen LogP contribution in [-0.4, -0.2) is 38.7 Å². The number of hydrogen-bond donors (Lipinski definition) is 3. The lowest BCUT2D eigenvalue weighted by molar-refractivity contribution is -0.116. The number of amides is 1. The van der Waals surface area contributed by atoms with Gasteiger partial charge >= 0.3 is 5.97 Å². The second-order valence-electron chi connectivity index (χ2n) is 8.88. The number of anilines is 2. The maximum atomic E-state index is 14.9. The van der Waals surface area contributed by atoms with Crippen LogP contribution in [0.2, 0.25) is 0 Å². The highest BCUT2D eigenvalue weighted by Gasteiger charge is 2.42. The van der Waals surface area contributed by atoms with Crippen molar-refractivity contribution < 1.29 is 23.9 Å². The van der Waals surface area contributed by atoms with Crippen LogP contribution in [0.25, 0.3) is 0 Å². The summed E-state index contributed by atoms with van der Waals surface area (Å²) in [5.74, 6) is -3.27. The number of ketones is 1. The van der Waals surface area contributed by atoms with Crippen molar-refractivity contribution in [3.8, 4) is 6.07 Å². The van der Waals surface area contributed by atoms with E-state index in [1.54, 1.807) is 24.3 Å². The van der Waals surface area contributed by atoms with Crippen molar-refractivity contribution in [2.45, 2.75) is 29.5 Å². The van der Waals surface area contributed by atoms with Gasteiger partial charge in [0.05, 0.1) is 34.6 Å². The van der Waals surface area contributed by atoms with Crippen molar-refractivity contribution in [3.05, 3.63) is 88.1 Å². The summed E-state index contributed by atoms with van der Waals surface area (Å²) in [6.07, 6.45) is 1.30. The number of allylic oxidation sites excluding steroid dienone is 3. The molecule has 2 heterocycles. The molecular weight excluding hydrogens is 555 g/mol. The highest BCUT2D eigenvalue weighted by molar-refractivity contribution is 8.01. The van der Waals surface area contributed by atoms with Gasteiger partial charge in [-0.3, -0.25) is 14.5 Å². The smallest absolute Gasteiger partial charge is 0.337 e. The minimum atomic E-state index is -1.16. The van der Waals surface area contributed by atoms with Crippen molar-refractivity contribution >= 4 is 51.6 Å². The number of halogens is 1. The van der Waals surface area contributed by atoms with Crippen molar-refractivity contribution in [2.75, 3.05) is 16.0 Å². The molecule has 1 aromatic heterocycles. The van der Waals surface area contributed by atoms with Crippen LogP contribution in [0, 0.1) is 17.1 Å². The van der Waals surface area contributed by atoms with Crippen molar-refractivity contribution in [3.63, 3.8) is 0 Å². The van der Waals surface area contributed by atoms with E-state index in [1.165, 1.54) is 29.2 Å². The molecule has 5 rings (SSSR count). The summed E-state index contributed by atoms with van der Waals surface area (Å²) in [5, 5.41) is 30.6. The number of nitrogens with two attached hydrogens (primary N) is 1. The molecule has 1 aliphatic heterocycles. The van der Waals surface area contributed by atoms with Crippen molar-refractivity contribution in [1.29, 1.82) is 5.26 Å². The predicted octanol–water partition coefficient (Wildman–Crippen LogP) is 4.41. The Balaban J connectivity index is 1.42. The molecule has 2 aromatic carbocycles. The van der Waals surface area contributed by atoms with Crippen molar-refractivity contribution in [2.24, 2.45) is 5.73 Å². The van der Waals surface area contributed by atoms with Crippen LogP contribution < -0.4 is 16.0 Å². The molecule has 13 heteroatoms. The molecule has 1 amide bonds. The quantitative estimate of drug-likeness (QED) is 0.343. The molecule has 4 N–H and O–H groups in total. The third-order valence-electron chi connectivity index (χ3n) is 6.47. The minimum Gasteiger partial charge on any atom is -0.478 e. The SMILES string of the molecule is N#CC1=C(N)N(c2nnc(SCC(=O)Nc3ccccc3C(=O)O)s2)C2=C(C(=O)CCC2)C1c1ccccc1F. The molecule has 2 aliphatic rings. The molecule has 0 fully saturated rings. The summed E-state index contributed by atoms with van der Waals surface area (Å²) in [7, 11) is 0. The molecule has 202 valence electrons. The van der Waals surface area contributed by atoms with Crippen LogP contribution in [0.4, 0.5) is 15.2 Å². The van der Waals surface area contributed by atoms with Gasteiger partial charge in [-0.05, 0) is 31.0 Å². The number of carbonyl (C=O) groups excluding carboxylic acids is 2. The van der Waals surface area contributed by atoms with E-state index in [1.807, 2.05) is 0 Å². The zero-order valence-corrected chi connectivity index (χ0v) is 22.4. The molecule has 0 radical (unpaired) electrons. The number of Topliss-reactive ketones (excluding diaryl/α,β-unsaturated/α-hetero) is 1. The Bertz CT molecular complexity index is 1640. The monoisotopic (exact) mass is 576 g/mol. The number of thioether (sulfide) groups is 1. The molecule has 1 aliphatic carbocycles. The standard InChI is InChI=1S/C27H21FN6O4S2/c28-17-8-3-1-6-14(17)22-16(12-29)24(30)34(19-10-5-11-20(35)23(19)22)26-32-33-27(40-26)39-13-21(36)31-18-9-4-2-7-15(18)25(37)38/h1-4,6-9,22H,5,10-11,13,30H2,(H,31,36)(H,37,38). The van der Waals surface area contributed by atoms with Gasteiger partial charge in [-0.15, -0.1) is 10.2 Å². The van der Waals surface area contributed by atoms with Gasteiger partial charge in [-0.2, -0.15) is 5.26 Å². The molecule has 0 saturated carbocycles. The van der Waals surface area contributed by atoms with E-state index in [4.69, 9.17) is 5.73 Å². The fourth-order valence-electron chi connectivity index (χ4n) is 4.77. The van der Waals surface area contributed by atoms with Gasteiger partial charge in [0.15, 0.2) is 10.1 Å². The molecular formula is C27H21FN6O4S2.